The van der Waals surface area contributed by atoms with E-state index >= 15 is 0 Å². The van der Waals surface area contributed by atoms with Gasteiger partial charge in [0.25, 0.3) is 0 Å². The first-order chi connectivity index (χ1) is 7.36. The summed E-state index contributed by atoms with van der Waals surface area (Å²) in [6.45, 7) is 2.35. The van der Waals surface area contributed by atoms with E-state index in [4.69, 9.17) is 0 Å². The molecule has 0 spiro atoms. The summed E-state index contributed by atoms with van der Waals surface area (Å²) < 4.78 is 0. The van der Waals surface area contributed by atoms with Crippen LogP contribution >= 0.6 is 0 Å². The van der Waals surface area contributed by atoms with Gasteiger partial charge in [0.1, 0.15) is 0 Å². The molecule has 1 aromatic carbocycles. The summed E-state index contributed by atoms with van der Waals surface area (Å²) in [5.41, 5.74) is 1.32. The van der Waals surface area contributed by atoms with Gasteiger partial charge in [-0.1, -0.05) is 18.2 Å². The van der Waals surface area contributed by atoms with Crippen molar-refractivity contribution in [2.24, 2.45) is 0 Å². The van der Waals surface area contributed by atoms with Crippen molar-refractivity contribution in [3.8, 4) is 0 Å². The van der Waals surface area contributed by atoms with Crippen molar-refractivity contribution in [2.45, 2.75) is 25.3 Å². The van der Waals surface area contributed by atoms with Gasteiger partial charge in [0.2, 0.25) is 0 Å². The Kier molecular flexibility index (Phi) is 3.62. The van der Waals surface area contributed by atoms with Gasteiger partial charge < -0.3 is 10.2 Å². The predicted molar refractivity (Wildman–Crippen MR) is 65.4 cm³/mol. The number of para-hydroxylation sites is 1. The molecule has 2 heteroatoms. The zero-order valence-corrected chi connectivity index (χ0v) is 9.45. The lowest BCUT2D eigenvalue weighted by molar-refractivity contribution is 0.559. The standard InChI is InChI=1S/C13H20N2/c1-15(13-7-3-2-4-8-13)11-9-12-6-5-10-14-12/h2-4,7-8,12,14H,5-6,9-11H2,1H3. The first-order valence-corrected chi connectivity index (χ1v) is 5.86. The van der Waals surface area contributed by atoms with E-state index in [0.717, 1.165) is 12.6 Å². The first-order valence-electron chi connectivity index (χ1n) is 5.86. The molecule has 2 rings (SSSR count). The van der Waals surface area contributed by atoms with Crippen LogP contribution in [0.25, 0.3) is 0 Å². The SMILES string of the molecule is CN(CCC1CCCN1)c1ccccc1. The normalized spacial score (nSPS) is 20.5. The molecule has 1 N–H and O–H groups in total. The number of anilines is 1. The fourth-order valence-electron chi connectivity index (χ4n) is 2.16. The van der Waals surface area contributed by atoms with Crippen molar-refractivity contribution in [1.82, 2.24) is 5.32 Å². The Labute approximate surface area is 92.3 Å². The molecule has 1 unspecified atom stereocenters. The highest BCUT2D eigenvalue weighted by atomic mass is 15.1. The fourth-order valence-corrected chi connectivity index (χ4v) is 2.16. The number of nitrogens with one attached hydrogen (secondary N) is 1. The molecule has 1 saturated heterocycles. The second-order valence-electron chi connectivity index (χ2n) is 4.34. The molecule has 15 heavy (non-hydrogen) atoms. The predicted octanol–water partition coefficient (Wildman–Crippen LogP) is 2.26. The molecule has 1 aromatic rings. The zero-order valence-electron chi connectivity index (χ0n) is 9.45. The van der Waals surface area contributed by atoms with Gasteiger partial charge in [-0.25, -0.2) is 0 Å². The van der Waals surface area contributed by atoms with Gasteiger partial charge in [-0.05, 0) is 37.9 Å². The van der Waals surface area contributed by atoms with Crippen molar-refractivity contribution < 1.29 is 0 Å². The monoisotopic (exact) mass is 204 g/mol. The van der Waals surface area contributed by atoms with Crippen molar-refractivity contribution in [3.05, 3.63) is 30.3 Å². The van der Waals surface area contributed by atoms with E-state index in [0.29, 0.717) is 0 Å². The van der Waals surface area contributed by atoms with Crippen molar-refractivity contribution in [1.29, 1.82) is 0 Å². The molecule has 2 nitrogen and oxygen atoms in total. The Morgan fingerprint density at radius 2 is 2.13 bits per heavy atom. The summed E-state index contributed by atoms with van der Waals surface area (Å²) in [7, 11) is 2.17. The lowest BCUT2D eigenvalue weighted by Crippen LogP contribution is -2.28. The second-order valence-corrected chi connectivity index (χ2v) is 4.34. The Hall–Kier alpha value is -1.02. The highest BCUT2D eigenvalue weighted by Crippen LogP contribution is 2.14. The lowest BCUT2D eigenvalue weighted by atomic mass is 10.1. The summed E-state index contributed by atoms with van der Waals surface area (Å²) in [4.78, 5) is 2.33. The van der Waals surface area contributed by atoms with E-state index in [9.17, 15) is 0 Å². The zero-order chi connectivity index (χ0) is 10.5. The molecule has 0 aromatic heterocycles. The molecular formula is C13H20N2. The van der Waals surface area contributed by atoms with E-state index in [2.05, 4.69) is 47.6 Å². The van der Waals surface area contributed by atoms with Gasteiger partial charge >= 0.3 is 0 Å². The average molecular weight is 204 g/mol. The Balaban J connectivity index is 1.79. The maximum Gasteiger partial charge on any atom is 0.0363 e. The topological polar surface area (TPSA) is 15.3 Å². The molecule has 1 atom stereocenters. The maximum absolute atomic E-state index is 3.54. The molecule has 0 aliphatic carbocycles. The Morgan fingerprint density at radius 3 is 2.80 bits per heavy atom. The van der Waals surface area contributed by atoms with Crippen LogP contribution in [0.4, 0.5) is 5.69 Å². The number of hydrogen-bond acceptors (Lipinski definition) is 2. The molecule has 1 aliphatic heterocycles. The van der Waals surface area contributed by atoms with E-state index in [-0.39, 0.29) is 0 Å². The number of rotatable bonds is 4. The average Bonchev–Trinajstić information content (AvgIpc) is 2.80. The van der Waals surface area contributed by atoms with Crippen LogP contribution < -0.4 is 10.2 Å². The third kappa shape index (κ3) is 2.96. The third-order valence-electron chi connectivity index (χ3n) is 3.17. The smallest absolute Gasteiger partial charge is 0.0363 e. The summed E-state index contributed by atoms with van der Waals surface area (Å²) in [5.74, 6) is 0. The van der Waals surface area contributed by atoms with Gasteiger partial charge in [-0.2, -0.15) is 0 Å². The van der Waals surface area contributed by atoms with Crippen LogP contribution in [0.1, 0.15) is 19.3 Å². The summed E-state index contributed by atoms with van der Waals surface area (Å²) in [6.07, 6.45) is 3.95. The molecule has 0 amide bonds. The summed E-state index contributed by atoms with van der Waals surface area (Å²) >= 11 is 0. The van der Waals surface area contributed by atoms with Crippen molar-refractivity contribution in [3.63, 3.8) is 0 Å². The van der Waals surface area contributed by atoms with Crippen molar-refractivity contribution >= 4 is 5.69 Å². The quantitative estimate of drug-likeness (QED) is 0.809. The molecule has 0 bridgehead atoms. The van der Waals surface area contributed by atoms with E-state index < -0.39 is 0 Å². The minimum absolute atomic E-state index is 0.746. The second kappa shape index (κ2) is 5.17. The number of hydrogen-bond donors (Lipinski definition) is 1. The first kappa shape index (κ1) is 10.5. The van der Waals surface area contributed by atoms with Crippen LogP contribution in [-0.4, -0.2) is 26.2 Å². The van der Waals surface area contributed by atoms with Crippen molar-refractivity contribution in [2.75, 3.05) is 25.0 Å². The van der Waals surface area contributed by atoms with Crippen LogP contribution in [-0.2, 0) is 0 Å². The van der Waals surface area contributed by atoms with Crippen LogP contribution in [0, 0.1) is 0 Å². The van der Waals surface area contributed by atoms with Gasteiger partial charge in [0.05, 0.1) is 0 Å². The largest absolute Gasteiger partial charge is 0.375 e. The van der Waals surface area contributed by atoms with E-state index in [1.165, 1.54) is 31.5 Å². The van der Waals surface area contributed by atoms with Crippen LogP contribution in [0.2, 0.25) is 0 Å². The molecule has 0 saturated carbocycles. The Bertz CT molecular complexity index is 278. The van der Waals surface area contributed by atoms with Gasteiger partial charge in [-0.15, -0.1) is 0 Å². The Morgan fingerprint density at radius 1 is 1.33 bits per heavy atom. The number of nitrogens with zero attached hydrogens (tertiary/aromatic N) is 1. The van der Waals surface area contributed by atoms with E-state index in [1.54, 1.807) is 0 Å². The van der Waals surface area contributed by atoms with Gasteiger partial charge in [0.15, 0.2) is 0 Å². The minimum Gasteiger partial charge on any atom is -0.375 e. The number of benzene rings is 1. The molecular weight excluding hydrogens is 184 g/mol. The fraction of sp³-hybridized carbons (Fsp3) is 0.538. The van der Waals surface area contributed by atoms with Crippen LogP contribution in [0.5, 0.6) is 0 Å². The highest BCUT2D eigenvalue weighted by Gasteiger charge is 2.14. The third-order valence-corrected chi connectivity index (χ3v) is 3.17. The minimum atomic E-state index is 0.746. The molecule has 1 aliphatic rings. The molecule has 82 valence electrons. The lowest BCUT2D eigenvalue weighted by Gasteiger charge is -2.21. The van der Waals surface area contributed by atoms with E-state index in [1.807, 2.05) is 0 Å². The molecule has 1 heterocycles. The summed E-state index contributed by atoms with van der Waals surface area (Å²) in [6, 6.07) is 11.3. The summed E-state index contributed by atoms with van der Waals surface area (Å²) in [5, 5.41) is 3.54. The van der Waals surface area contributed by atoms with Crippen LogP contribution in [0.3, 0.4) is 0 Å². The highest BCUT2D eigenvalue weighted by molar-refractivity contribution is 5.44. The maximum atomic E-state index is 3.54. The van der Waals surface area contributed by atoms with Gasteiger partial charge in [-0.3, -0.25) is 0 Å². The molecule has 0 radical (unpaired) electrons. The van der Waals surface area contributed by atoms with Crippen LogP contribution in [0.15, 0.2) is 30.3 Å². The van der Waals surface area contributed by atoms with Gasteiger partial charge in [0, 0.05) is 25.3 Å². The molecule has 1 fully saturated rings.